The number of thiazole rings is 1. The van der Waals surface area contributed by atoms with E-state index in [9.17, 15) is 19.7 Å². The first-order valence-corrected chi connectivity index (χ1v) is 9.15. The van der Waals surface area contributed by atoms with E-state index in [4.69, 9.17) is 0 Å². The van der Waals surface area contributed by atoms with E-state index in [1.54, 1.807) is 0 Å². The zero-order valence-corrected chi connectivity index (χ0v) is 14.8. The molecular formula is C16H12N4O4S2. The molecule has 0 bridgehead atoms. The Kier molecular flexibility index (Phi) is 5.44. The number of amides is 2. The minimum Gasteiger partial charge on any atom is -0.272 e. The topological polar surface area (TPSA) is 114 Å². The quantitative estimate of drug-likeness (QED) is 0.395. The van der Waals surface area contributed by atoms with Gasteiger partial charge in [0.05, 0.1) is 20.9 Å². The smallest absolute Gasteiger partial charge is 0.270 e. The van der Waals surface area contributed by atoms with E-state index in [2.05, 4.69) is 15.8 Å². The van der Waals surface area contributed by atoms with Crippen molar-refractivity contribution in [3.8, 4) is 0 Å². The summed E-state index contributed by atoms with van der Waals surface area (Å²) >= 11 is 2.75. The second-order valence-corrected chi connectivity index (χ2v) is 7.30. The van der Waals surface area contributed by atoms with E-state index in [0.29, 0.717) is 0 Å². The van der Waals surface area contributed by atoms with E-state index in [1.807, 2.05) is 24.3 Å². The van der Waals surface area contributed by atoms with Gasteiger partial charge in [-0.2, -0.15) is 0 Å². The zero-order chi connectivity index (χ0) is 18.5. The summed E-state index contributed by atoms with van der Waals surface area (Å²) in [5.74, 6) is -0.963. The van der Waals surface area contributed by atoms with Crippen LogP contribution in [0.4, 0.5) is 5.69 Å². The number of nitro benzene ring substituents is 1. The van der Waals surface area contributed by atoms with E-state index in [1.165, 1.54) is 41.3 Å². The number of carbonyl (C=O) groups is 2. The van der Waals surface area contributed by atoms with Crippen LogP contribution >= 0.6 is 23.1 Å². The Morgan fingerprint density at radius 3 is 2.73 bits per heavy atom. The number of nitrogens with zero attached hydrogens (tertiary/aromatic N) is 2. The standard InChI is InChI=1S/C16H12N4O4S2/c21-14(9-25-16-17-12-6-1-2-7-13(12)26-16)18-19-15(22)10-4-3-5-11(8-10)20(23)24/h1-8H,9H2,(H,18,21)(H,19,22). The van der Waals surface area contributed by atoms with Crippen LogP contribution in [0.1, 0.15) is 10.4 Å². The Labute approximate surface area is 155 Å². The van der Waals surface area contributed by atoms with Crippen molar-refractivity contribution >= 4 is 50.8 Å². The highest BCUT2D eigenvalue weighted by Crippen LogP contribution is 2.28. The predicted octanol–water partition coefficient (Wildman–Crippen LogP) is 2.76. The van der Waals surface area contributed by atoms with Gasteiger partial charge in [0.25, 0.3) is 11.6 Å². The molecule has 3 rings (SSSR count). The number of hydrogen-bond acceptors (Lipinski definition) is 7. The number of nitro groups is 1. The molecule has 1 aromatic heterocycles. The summed E-state index contributed by atoms with van der Waals surface area (Å²) in [6, 6.07) is 12.9. The van der Waals surface area contributed by atoms with Gasteiger partial charge in [-0.3, -0.25) is 30.6 Å². The van der Waals surface area contributed by atoms with Gasteiger partial charge in [-0.25, -0.2) is 4.98 Å². The van der Waals surface area contributed by atoms with Crippen LogP contribution in [0.2, 0.25) is 0 Å². The molecule has 3 aromatic rings. The van der Waals surface area contributed by atoms with Crippen molar-refractivity contribution in [2.75, 3.05) is 5.75 Å². The van der Waals surface area contributed by atoms with Gasteiger partial charge in [0, 0.05) is 17.7 Å². The molecule has 1 heterocycles. The first-order valence-electron chi connectivity index (χ1n) is 7.35. The lowest BCUT2D eigenvalue weighted by molar-refractivity contribution is -0.384. The number of carbonyl (C=O) groups excluding carboxylic acids is 2. The maximum atomic E-state index is 12.0. The van der Waals surface area contributed by atoms with Crippen LogP contribution < -0.4 is 10.9 Å². The molecule has 0 fully saturated rings. The number of thioether (sulfide) groups is 1. The summed E-state index contributed by atoms with van der Waals surface area (Å²) in [4.78, 5) is 38.3. The lowest BCUT2D eigenvalue weighted by Crippen LogP contribution is -2.42. The van der Waals surface area contributed by atoms with Crippen LogP contribution in [0.25, 0.3) is 10.2 Å². The van der Waals surface area contributed by atoms with Crippen LogP contribution in [-0.4, -0.2) is 27.5 Å². The minimum absolute atomic E-state index is 0.0784. The third-order valence-corrected chi connectivity index (χ3v) is 5.41. The fraction of sp³-hybridized carbons (Fsp3) is 0.0625. The van der Waals surface area contributed by atoms with Gasteiger partial charge in [-0.05, 0) is 18.2 Å². The van der Waals surface area contributed by atoms with Gasteiger partial charge in [-0.1, -0.05) is 30.0 Å². The molecule has 2 amide bonds. The molecule has 2 aromatic carbocycles. The molecule has 0 saturated heterocycles. The van der Waals surface area contributed by atoms with Crippen LogP contribution in [0.5, 0.6) is 0 Å². The fourth-order valence-corrected chi connectivity index (χ4v) is 3.90. The first-order chi connectivity index (χ1) is 12.5. The number of hydrogen-bond donors (Lipinski definition) is 2. The maximum absolute atomic E-state index is 12.0. The number of aromatic nitrogens is 1. The number of non-ortho nitro benzene ring substituents is 1. The van der Waals surface area contributed by atoms with Crippen molar-refractivity contribution < 1.29 is 14.5 Å². The predicted molar refractivity (Wildman–Crippen MR) is 99.0 cm³/mol. The van der Waals surface area contributed by atoms with Gasteiger partial charge >= 0.3 is 0 Å². The van der Waals surface area contributed by atoms with E-state index in [-0.39, 0.29) is 17.0 Å². The van der Waals surface area contributed by atoms with Crippen molar-refractivity contribution in [1.82, 2.24) is 15.8 Å². The normalized spacial score (nSPS) is 10.5. The molecule has 0 radical (unpaired) electrons. The van der Waals surface area contributed by atoms with Crippen molar-refractivity contribution in [2.45, 2.75) is 4.34 Å². The minimum atomic E-state index is -0.632. The van der Waals surface area contributed by atoms with E-state index >= 15 is 0 Å². The second-order valence-electron chi connectivity index (χ2n) is 5.05. The SMILES string of the molecule is O=C(CSc1nc2ccccc2s1)NNC(=O)c1cccc([N+](=O)[O-])c1. The molecule has 8 nitrogen and oxygen atoms in total. The number of benzene rings is 2. The number of rotatable bonds is 5. The third-order valence-electron chi connectivity index (χ3n) is 3.24. The number of fused-ring (bicyclic) bond motifs is 1. The molecule has 132 valence electrons. The lowest BCUT2D eigenvalue weighted by atomic mass is 10.2. The molecule has 2 N–H and O–H groups in total. The van der Waals surface area contributed by atoms with E-state index in [0.717, 1.165) is 20.6 Å². The third kappa shape index (κ3) is 4.35. The van der Waals surface area contributed by atoms with Gasteiger partial charge in [-0.15, -0.1) is 11.3 Å². The highest BCUT2D eigenvalue weighted by atomic mass is 32.2. The first kappa shape index (κ1) is 17.8. The van der Waals surface area contributed by atoms with E-state index < -0.39 is 16.7 Å². The molecule has 0 aliphatic rings. The summed E-state index contributed by atoms with van der Waals surface area (Å²) < 4.78 is 1.79. The fourth-order valence-electron chi connectivity index (χ4n) is 2.04. The molecule has 0 aliphatic carbocycles. The average molecular weight is 388 g/mol. The van der Waals surface area contributed by atoms with Crippen LogP contribution in [0.15, 0.2) is 52.9 Å². The van der Waals surface area contributed by atoms with Gasteiger partial charge in [0.2, 0.25) is 5.91 Å². The second kappa shape index (κ2) is 7.93. The Morgan fingerprint density at radius 1 is 1.15 bits per heavy atom. The molecule has 10 heteroatoms. The Bertz CT molecular complexity index is 956. The molecular weight excluding hydrogens is 376 g/mol. The lowest BCUT2D eigenvalue weighted by Gasteiger charge is -2.06. The molecule has 26 heavy (non-hydrogen) atoms. The summed E-state index contributed by atoms with van der Waals surface area (Å²) in [7, 11) is 0. The molecule has 0 atom stereocenters. The Balaban J connectivity index is 1.51. The number of hydrazine groups is 1. The molecule has 0 aliphatic heterocycles. The number of nitrogens with one attached hydrogen (secondary N) is 2. The molecule has 0 saturated carbocycles. The van der Waals surface area contributed by atoms with Crippen LogP contribution in [-0.2, 0) is 4.79 Å². The Hall–Kier alpha value is -2.98. The average Bonchev–Trinajstić information content (AvgIpc) is 3.07. The van der Waals surface area contributed by atoms with Crippen LogP contribution in [0, 0.1) is 10.1 Å². The molecule has 0 unspecified atom stereocenters. The van der Waals surface area contributed by atoms with Crippen molar-refractivity contribution in [2.24, 2.45) is 0 Å². The number of para-hydroxylation sites is 1. The zero-order valence-electron chi connectivity index (χ0n) is 13.2. The van der Waals surface area contributed by atoms with Gasteiger partial charge in [0.1, 0.15) is 0 Å². The largest absolute Gasteiger partial charge is 0.272 e. The van der Waals surface area contributed by atoms with Gasteiger partial charge in [0.15, 0.2) is 4.34 Å². The summed E-state index contributed by atoms with van der Waals surface area (Å²) in [5, 5.41) is 10.7. The van der Waals surface area contributed by atoms with Crippen molar-refractivity contribution in [3.63, 3.8) is 0 Å². The van der Waals surface area contributed by atoms with Crippen molar-refractivity contribution in [1.29, 1.82) is 0 Å². The Morgan fingerprint density at radius 2 is 1.96 bits per heavy atom. The summed E-state index contributed by atoms with van der Waals surface area (Å²) in [6.45, 7) is 0. The monoisotopic (exact) mass is 388 g/mol. The van der Waals surface area contributed by atoms with Crippen molar-refractivity contribution in [3.05, 3.63) is 64.2 Å². The maximum Gasteiger partial charge on any atom is 0.270 e. The van der Waals surface area contributed by atoms with Gasteiger partial charge < -0.3 is 0 Å². The highest BCUT2D eigenvalue weighted by molar-refractivity contribution is 8.01. The molecule has 0 spiro atoms. The summed E-state index contributed by atoms with van der Waals surface area (Å²) in [6.07, 6.45) is 0. The summed E-state index contributed by atoms with van der Waals surface area (Å²) in [5.41, 5.74) is 5.28. The highest BCUT2D eigenvalue weighted by Gasteiger charge is 2.13. The van der Waals surface area contributed by atoms with Crippen LogP contribution in [0.3, 0.4) is 0 Å².